The van der Waals surface area contributed by atoms with Gasteiger partial charge in [-0.2, -0.15) is 0 Å². The molecule has 140 valence electrons. The molecule has 0 atom stereocenters. The summed E-state index contributed by atoms with van der Waals surface area (Å²) in [7, 11) is 0. The smallest absolute Gasteiger partial charge is 0.394 e. The van der Waals surface area contributed by atoms with Gasteiger partial charge in [-0.05, 0) is 48.6 Å². The lowest BCUT2D eigenvalue weighted by molar-refractivity contribution is -0.147. The van der Waals surface area contributed by atoms with E-state index < -0.39 is 11.9 Å². The second kappa shape index (κ2) is 7.15. The maximum atomic E-state index is 12.9. The molecule has 0 fully saturated rings. The summed E-state index contributed by atoms with van der Waals surface area (Å²) in [6.07, 6.45) is 4.33. The number of rotatable bonds is 2. The number of fused-ring (bicyclic) bond motifs is 2. The number of carboxylic acids is 1. The van der Waals surface area contributed by atoms with Gasteiger partial charge in [0.2, 0.25) is 0 Å². The molecule has 1 heterocycles. The summed E-state index contributed by atoms with van der Waals surface area (Å²) in [5, 5.41) is 11.4. The molecule has 3 aromatic rings. The lowest BCUT2D eigenvalue weighted by Gasteiger charge is -2.18. The van der Waals surface area contributed by atoms with Gasteiger partial charge in [-0.3, -0.25) is 9.59 Å². The molecule has 0 bridgehead atoms. The van der Waals surface area contributed by atoms with Crippen LogP contribution in [0.1, 0.15) is 29.7 Å². The number of carboxylic acid groups (broad SMARTS) is 1. The topological polar surface area (TPSA) is 96.6 Å². The fraction of sp³-hybridized carbons (Fsp3) is 0.136. The molecule has 28 heavy (non-hydrogen) atoms. The molecule has 0 spiro atoms. The standard InChI is InChI=1S/C22H17NO5/c24-19-16-10-9-15(23-21(25)22(26)27)12-18(16)28-20-14(7-4-8-17(19)20)11-13-5-2-1-3-6-13/h1-3,5-6,9-12H,4,7-8H2,(H,23,25)(H,26,27)/b14-11-. The van der Waals surface area contributed by atoms with Crippen LogP contribution < -0.4 is 10.7 Å². The van der Waals surface area contributed by atoms with Crippen LogP contribution in [0.3, 0.4) is 0 Å². The molecule has 1 aliphatic rings. The lowest BCUT2D eigenvalue weighted by atomic mass is 9.90. The number of amides is 1. The number of anilines is 1. The Bertz CT molecular complexity index is 1170. The fourth-order valence-electron chi connectivity index (χ4n) is 3.44. The van der Waals surface area contributed by atoms with Crippen LogP contribution in [0.4, 0.5) is 5.69 Å². The van der Waals surface area contributed by atoms with Crippen LogP contribution >= 0.6 is 0 Å². The molecule has 1 aromatic heterocycles. The minimum atomic E-state index is -1.58. The highest BCUT2D eigenvalue weighted by Gasteiger charge is 2.22. The van der Waals surface area contributed by atoms with Gasteiger partial charge in [-0.1, -0.05) is 30.3 Å². The average Bonchev–Trinajstić information content (AvgIpc) is 2.69. The summed E-state index contributed by atoms with van der Waals surface area (Å²) in [4.78, 5) is 35.1. The summed E-state index contributed by atoms with van der Waals surface area (Å²) in [6.45, 7) is 0. The Kier molecular flexibility index (Phi) is 4.53. The van der Waals surface area contributed by atoms with Gasteiger partial charge >= 0.3 is 11.9 Å². The first-order chi connectivity index (χ1) is 13.5. The van der Waals surface area contributed by atoms with Crippen molar-refractivity contribution in [3.8, 4) is 0 Å². The van der Waals surface area contributed by atoms with Crippen LogP contribution in [-0.2, 0) is 16.0 Å². The number of allylic oxidation sites excluding steroid dienone is 1. The first-order valence-corrected chi connectivity index (χ1v) is 8.93. The molecular weight excluding hydrogens is 358 g/mol. The Morgan fingerprint density at radius 1 is 1.07 bits per heavy atom. The molecule has 6 heteroatoms. The zero-order valence-corrected chi connectivity index (χ0v) is 14.9. The SMILES string of the molecule is O=C(O)C(=O)Nc1ccc2c(=O)c3c(oc2c1)/C(=C\c1ccccc1)CCC3. The average molecular weight is 375 g/mol. The van der Waals surface area contributed by atoms with Crippen molar-refractivity contribution < 1.29 is 19.1 Å². The van der Waals surface area contributed by atoms with Crippen LogP contribution in [0.2, 0.25) is 0 Å². The number of hydrogen-bond donors (Lipinski definition) is 2. The van der Waals surface area contributed by atoms with Crippen molar-refractivity contribution in [2.24, 2.45) is 0 Å². The van der Waals surface area contributed by atoms with E-state index in [1.807, 2.05) is 36.4 Å². The maximum absolute atomic E-state index is 12.9. The Hall–Kier alpha value is -3.67. The number of carbonyl (C=O) groups excluding carboxylic acids is 1. The first-order valence-electron chi connectivity index (χ1n) is 8.93. The van der Waals surface area contributed by atoms with Gasteiger partial charge in [-0.15, -0.1) is 0 Å². The predicted octanol–water partition coefficient (Wildman–Crippen LogP) is 3.69. The molecule has 2 aromatic carbocycles. The van der Waals surface area contributed by atoms with Crippen molar-refractivity contribution in [3.63, 3.8) is 0 Å². The van der Waals surface area contributed by atoms with Gasteiger partial charge in [0.25, 0.3) is 0 Å². The minimum absolute atomic E-state index is 0.0916. The van der Waals surface area contributed by atoms with Crippen LogP contribution in [0.5, 0.6) is 0 Å². The van der Waals surface area contributed by atoms with Gasteiger partial charge in [-0.25, -0.2) is 4.79 Å². The molecule has 2 N–H and O–H groups in total. The van der Waals surface area contributed by atoms with Gasteiger partial charge < -0.3 is 14.8 Å². The normalized spacial score (nSPS) is 14.6. The summed E-state index contributed by atoms with van der Waals surface area (Å²) < 4.78 is 6.07. The molecule has 4 rings (SSSR count). The highest BCUT2D eigenvalue weighted by molar-refractivity contribution is 6.36. The summed E-state index contributed by atoms with van der Waals surface area (Å²) in [5.74, 6) is -2.17. The lowest BCUT2D eigenvalue weighted by Crippen LogP contribution is -2.22. The van der Waals surface area contributed by atoms with Crippen LogP contribution in [0, 0.1) is 0 Å². The zero-order chi connectivity index (χ0) is 19.7. The van der Waals surface area contributed by atoms with Crippen molar-refractivity contribution in [1.29, 1.82) is 0 Å². The summed E-state index contributed by atoms with van der Waals surface area (Å²) in [5.41, 5.74) is 3.11. The van der Waals surface area contributed by atoms with E-state index in [1.165, 1.54) is 12.1 Å². The molecule has 0 aliphatic heterocycles. The number of aliphatic carboxylic acids is 1. The Labute approximate surface area is 160 Å². The van der Waals surface area contributed by atoms with E-state index in [9.17, 15) is 14.4 Å². The Morgan fingerprint density at radius 2 is 1.86 bits per heavy atom. The second-order valence-corrected chi connectivity index (χ2v) is 6.64. The third-order valence-corrected chi connectivity index (χ3v) is 4.74. The highest BCUT2D eigenvalue weighted by Crippen LogP contribution is 2.33. The number of hydrogen-bond acceptors (Lipinski definition) is 4. The van der Waals surface area contributed by atoms with Crippen molar-refractivity contribution in [2.75, 3.05) is 5.32 Å². The van der Waals surface area contributed by atoms with Gasteiger partial charge in [0.1, 0.15) is 11.3 Å². The summed E-state index contributed by atoms with van der Waals surface area (Å²) in [6, 6.07) is 14.3. The third-order valence-electron chi connectivity index (χ3n) is 4.74. The fourth-order valence-corrected chi connectivity index (χ4v) is 3.44. The third kappa shape index (κ3) is 3.32. The molecule has 0 unspecified atom stereocenters. The second-order valence-electron chi connectivity index (χ2n) is 6.64. The van der Waals surface area contributed by atoms with Crippen LogP contribution in [-0.4, -0.2) is 17.0 Å². The van der Waals surface area contributed by atoms with Crippen molar-refractivity contribution in [3.05, 3.63) is 75.6 Å². The molecule has 0 saturated heterocycles. The van der Waals surface area contributed by atoms with E-state index in [4.69, 9.17) is 9.52 Å². The summed E-state index contributed by atoms with van der Waals surface area (Å²) >= 11 is 0. The van der Waals surface area contributed by atoms with Crippen molar-refractivity contribution in [1.82, 2.24) is 0 Å². The number of nitrogens with one attached hydrogen (secondary N) is 1. The minimum Gasteiger partial charge on any atom is -0.474 e. The van der Waals surface area contributed by atoms with E-state index in [-0.39, 0.29) is 11.1 Å². The van der Waals surface area contributed by atoms with E-state index in [0.29, 0.717) is 28.7 Å². The van der Waals surface area contributed by atoms with E-state index >= 15 is 0 Å². The first kappa shape index (κ1) is 17.7. The molecule has 1 amide bonds. The molecule has 0 saturated carbocycles. The predicted molar refractivity (Wildman–Crippen MR) is 106 cm³/mol. The van der Waals surface area contributed by atoms with Gasteiger partial charge in [0.05, 0.1) is 5.39 Å². The Morgan fingerprint density at radius 3 is 2.61 bits per heavy atom. The van der Waals surface area contributed by atoms with Crippen LogP contribution in [0.15, 0.2) is 57.7 Å². The van der Waals surface area contributed by atoms with Crippen molar-refractivity contribution in [2.45, 2.75) is 19.3 Å². The van der Waals surface area contributed by atoms with Crippen LogP contribution in [0.25, 0.3) is 22.6 Å². The zero-order valence-electron chi connectivity index (χ0n) is 14.9. The van der Waals surface area contributed by atoms with Crippen molar-refractivity contribution >= 4 is 40.2 Å². The number of carbonyl (C=O) groups is 2. The Balaban J connectivity index is 1.83. The van der Waals surface area contributed by atoms with Gasteiger partial charge in [0, 0.05) is 17.3 Å². The molecule has 1 aliphatic carbocycles. The molecular formula is C22H17NO5. The molecule has 0 radical (unpaired) electrons. The van der Waals surface area contributed by atoms with E-state index in [0.717, 1.165) is 24.0 Å². The quantitative estimate of drug-likeness (QED) is 0.666. The molecule has 6 nitrogen and oxygen atoms in total. The maximum Gasteiger partial charge on any atom is 0.394 e. The highest BCUT2D eigenvalue weighted by atomic mass is 16.4. The monoisotopic (exact) mass is 375 g/mol. The number of benzene rings is 2. The largest absolute Gasteiger partial charge is 0.474 e. The van der Waals surface area contributed by atoms with E-state index in [1.54, 1.807) is 6.07 Å². The van der Waals surface area contributed by atoms with Gasteiger partial charge in [0.15, 0.2) is 5.43 Å². The van der Waals surface area contributed by atoms with E-state index in [2.05, 4.69) is 5.32 Å².